The van der Waals surface area contributed by atoms with E-state index >= 15 is 0 Å². The molecule has 1 rings (SSSR count). The van der Waals surface area contributed by atoms with Crippen molar-refractivity contribution in [2.24, 2.45) is 5.92 Å². The molecule has 1 unspecified atom stereocenters. The van der Waals surface area contributed by atoms with E-state index < -0.39 is 5.92 Å². The third kappa shape index (κ3) is 3.85. The van der Waals surface area contributed by atoms with Crippen LogP contribution in [0.15, 0.2) is 24.3 Å². The lowest BCUT2D eigenvalue weighted by Crippen LogP contribution is -2.31. The summed E-state index contributed by atoms with van der Waals surface area (Å²) in [4.78, 5) is 13.5. The van der Waals surface area contributed by atoms with Crippen LogP contribution in [0, 0.1) is 23.1 Å². The number of halogens is 1. The fourth-order valence-corrected chi connectivity index (χ4v) is 1.74. The summed E-state index contributed by atoms with van der Waals surface area (Å²) in [6, 6.07) is 8.03. The highest BCUT2D eigenvalue weighted by Gasteiger charge is 2.20. The number of hydrogen-bond acceptors (Lipinski definition) is 2. The van der Waals surface area contributed by atoms with Gasteiger partial charge >= 0.3 is 0 Å². The second-order valence-corrected chi connectivity index (χ2v) is 4.29. The van der Waals surface area contributed by atoms with Crippen LogP contribution in [0.4, 0.5) is 4.39 Å². The van der Waals surface area contributed by atoms with Gasteiger partial charge in [-0.15, -0.1) is 0 Å². The minimum absolute atomic E-state index is 0.177. The Labute approximate surface area is 107 Å². The van der Waals surface area contributed by atoms with E-state index in [1.807, 2.05) is 13.0 Å². The fraction of sp³-hybridized carbons (Fsp3) is 0.429. The van der Waals surface area contributed by atoms with Crippen LogP contribution >= 0.6 is 0 Å². The molecule has 0 heterocycles. The molecule has 0 N–H and O–H groups in total. The molecule has 96 valence electrons. The van der Waals surface area contributed by atoms with Gasteiger partial charge in [0, 0.05) is 13.6 Å². The molecule has 0 aliphatic heterocycles. The smallest absolute Gasteiger partial charge is 0.239 e. The van der Waals surface area contributed by atoms with Gasteiger partial charge in [-0.25, -0.2) is 4.39 Å². The van der Waals surface area contributed by atoms with Crippen molar-refractivity contribution in [1.82, 2.24) is 4.90 Å². The highest BCUT2D eigenvalue weighted by Crippen LogP contribution is 2.12. The zero-order valence-corrected chi connectivity index (χ0v) is 10.7. The Bertz CT molecular complexity index is 436. The van der Waals surface area contributed by atoms with Gasteiger partial charge in [0.15, 0.2) is 0 Å². The second-order valence-electron chi connectivity index (χ2n) is 4.29. The number of carbonyl (C=O) groups is 1. The van der Waals surface area contributed by atoms with E-state index in [1.54, 1.807) is 19.2 Å². The number of carbonyl (C=O) groups excluding carboxylic acids is 1. The van der Waals surface area contributed by atoms with Crippen molar-refractivity contribution in [3.63, 3.8) is 0 Å². The fourth-order valence-electron chi connectivity index (χ4n) is 1.74. The molecule has 18 heavy (non-hydrogen) atoms. The molecule has 3 nitrogen and oxygen atoms in total. The standard InChI is InChI=1S/C14H17FN2O/c1-3-4-12(9-16)14(18)17(2)10-11-5-7-13(15)8-6-11/h5-8,12H,3-4,10H2,1-2H3. The Balaban J connectivity index is 2.64. The predicted molar refractivity (Wildman–Crippen MR) is 66.9 cm³/mol. The van der Waals surface area contributed by atoms with Crippen LogP contribution in [0.3, 0.4) is 0 Å². The van der Waals surface area contributed by atoms with E-state index in [2.05, 4.69) is 0 Å². The Morgan fingerprint density at radius 3 is 2.56 bits per heavy atom. The largest absolute Gasteiger partial charge is 0.340 e. The van der Waals surface area contributed by atoms with Crippen LogP contribution in [0.1, 0.15) is 25.3 Å². The van der Waals surface area contributed by atoms with Gasteiger partial charge in [-0.1, -0.05) is 25.5 Å². The van der Waals surface area contributed by atoms with E-state index in [9.17, 15) is 9.18 Å². The average molecular weight is 248 g/mol. The lowest BCUT2D eigenvalue weighted by Gasteiger charge is -2.19. The van der Waals surface area contributed by atoms with E-state index in [1.165, 1.54) is 17.0 Å². The van der Waals surface area contributed by atoms with Crippen molar-refractivity contribution in [2.45, 2.75) is 26.3 Å². The van der Waals surface area contributed by atoms with Crippen LogP contribution in [0.25, 0.3) is 0 Å². The third-order valence-corrected chi connectivity index (χ3v) is 2.74. The van der Waals surface area contributed by atoms with Crippen LogP contribution in [-0.2, 0) is 11.3 Å². The molecule has 0 aromatic heterocycles. The lowest BCUT2D eigenvalue weighted by atomic mass is 10.0. The summed E-state index contributed by atoms with van der Waals surface area (Å²) in [5.41, 5.74) is 0.848. The molecule has 0 saturated heterocycles. The van der Waals surface area contributed by atoms with Crippen LogP contribution < -0.4 is 0 Å². The summed E-state index contributed by atoms with van der Waals surface area (Å²) in [6.45, 7) is 2.33. The molecule has 4 heteroatoms. The number of nitrogens with zero attached hydrogens (tertiary/aromatic N) is 2. The van der Waals surface area contributed by atoms with Gasteiger partial charge < -0.3 is 4.90 Å². The zero-order valence-electron chi connectivity index (χ0n) is 10.7. The Hall–Kier alpha value is -1.89. The summed E-state index contributed by atoms with van der Waals surface area (Å²) in [5, 5.41) is 8.93. The molecule has 0 fully saturated rings. The van der Waals surface area contributed by atoms with Crippen molar-refractivity contribution in [3.8, 4) is 6.07 Å². The van der Waals surface area contributed by atoms with Gasteiger partial charge in [0.05, 0.1) is 6.07 Å². The van der Waals surface area contributed by atoms with Crippen molar-refractivity contribution in [1.29, 1.82) is 5.26 Å². The zero-order chi connectivity index (χ0) is 13.5. The summed E-state index contributed by atoms with van der Waals surface area (Å²) in [5.74, 6) is -1.06. The lowest BCUT2D eigenvalue weighted by molar-refractivity contribution is -0.133. The van der Waals surface area contributed by atoms with Gasteiger partial charge in [0.1, 0.15) is 11.7 Å². The maximum atomic E-state index is 12.7. The van der Waals surface area contributed by atoms with Crippen LogP contribution in [0.2, 0.25) is 0 Å². The number of rotatable bonds is 5. The first-order valence-corrected chi connectivity index (χ1v) is 5.97. The molecule has 0 aliphatic rings. The predicted octanol–water partition coefficient (Wildman–Crippen LogP) is 2.72. The molecule has 1 atom stereocenters. The summed E-state index contributed by atoms with van der Waals surface area (Å²) in [7, 11) is 1.66. The van der Waals surface area contributed by atoms with Gasteiger partial charge in [-0.05, 0) is 24.1 Å². The molecule has 0 saturated carbocycles. The molecule has 0 bridgehead atoms. The summed E-state index contributed by atoms with van der Waals surface area (Å²) < 4.78 is 12.7. The number of hydrogen-bond donors (Lipinski definition) is 0. The topological polar surface area (TPSA) is 44.1 Å². The summed E-state index contributed by atoms with van der Waals surface area (Å²) in [6.07, 6.45) is 1.37. The van der Waals surface area contributed by atoms with Crippen LogP contribution in [0.5, 0.6) is 0 Å². The molecule has 0 spiro atoms. The maximum Gasteiger partial charge on any atom is 0.239 e. The Kier molecular flexibility index (Phi) is 5.31. The second kappa shape index (κ2) is 6.75. The average Bonchev–Trinajstić information content (AvgIpc) is 2.37. The normalized spacial score (nSPS) is 11.7. The first-order valence-electron chi connectivity index (χ1n) is 5.97. The van der Waals surface area contributed by atoms with Crippen molar-refractivity contribution >= 4 is 5.91 Å². The number of benzene rings is 1. The Morgan fingerprint density at radius 2 is 2.06 bits per heavy atom. The first-order chi connectivity index (χ1) is 8.58. The highest BCUT2D eigenvalue weighted by atomic mass is 19.1. The monoisotopic (exact) mass is 248 g/mol. The molecule has 1 aromatic carbocycles. The molecule has 0 aliphatic carbocycles. The number of nitriles is 1. The molecular weight excluding hydrogens is 231 g/mol. The quantitative estimate of drug-likeness (QED) is 0.804. The van der Waals surface area contributed by atoms with Crippen molar-refractivity contribution < 1.29 is 9.18 Å². The SMILES string of the molecule is CCCC(C#N)C(=O)N(C)Cc1ccc(F)cc1. The van der Waals surface area contributed by atoms with Crippen molar-refractivity contribution in [2.75, 3.05) is 7.05 Å². The van der Waals surface area contributed by atoms with Gasteiger partial charge in [0.25, 0.3) is 0 Å². The maximum absolute atomic E-state index is 12.7. The molecule has 0 radical (unpaired) electrons. The Morgan fingerprint density at radius 1 is 1.44 bits per heavy atom. The minimum atomic E-state index is -0.583. The van der Waals surface area contributed by atoms with Gasteiger partial charge in [0.2, 0.25) is 5.91 Å². The van der Waals surface area contributed by atoms with E-state index in [0.717, 1.165) is 12.0 Å². The minimum Gasteiger partial charge on any atom is -0.340 e. The molecule has 1 amide bonds. The van der Waals surface area contributed by atoms with Gasteiger partial charge in [-0.2, -0.15) is 5.26 Å². The number of amides is 1. The summed E-state index contributed by atoms with van der Waals surface area (Å²) >= 11 is 0. The van der Waals surface area contributed by atoms with Crippen LogP contribution in [-0.4, -0.2) is 17.9 Å². The van der Waals surface area contributed by atoms with E-state index in [-0.39, 0.29) is 11.7 Å². The van der Waals surface area contributed by atoms with E-state index in [4.69, 9.17) is 5.26 Å². The van der Waals surface area contributed by atoms with Crippen molar-refractivity contribution in [3.05, 3.63) is 35.6 Å². The highest BCUT2D eigenvalue weighted by molar-refractivity contribution is 5.80. The van der Waals surface area contributed by atoms with Gasteiger partial charge in [-0.3, -0.25) is 4.79 Å². The third-order valence-electron chi connectivity index (χ3n) is 2.74. The van der Waals surface area contributed by atoms with E-state index in [0.29, 0.717) is 13.0 Å². The molecule has 1 aromatic rings. The first kappa shape index (κ1) is 14.2. The molecular formula is C14H17FN2O.